The van der Waals surface area contributed by atoms with Crippen LogP contribution in [-0.2, 0) is 6.61 Å². The van der Waals surface area contributed by atoms with Crippen molar-refractivity contribution in [1.82, 2.24) is 14.8 Å². The molecule has 1 heterocycles. The number of aromatic nitrogens is 3. The first-order valence-electron chi connectivity index (χ1n) is 6.19. The number of hydrogen-bond donors (Lipinski definition) is 2. The summed E-state index contributed by atoms with van der Waals surface area (Å²) in [6.45, 7) is 4.17. The summed E-state index contributed by atoms with van der Waals surface area (Å²) < 4.78 is 7.36. The number of nitrogens with two attached hydrogens (primary N) is 2. The molecule has 1 aromatic heterocycles. The van der Waals surface area contributed by atoms with Crippen LogP contribution in [0.3, 0.4) is 0 Å². The third-order valence-corrected chi connectivity index (χ3v) is 2.76. The second-order valence-electron chi connectivity index (χ2n) is 4.62. The van der Waals surface area contributed by atoms with Crippen molar-refractivity contribution in [2.45, 2.75) is 26.5 Å². The first kappa shape index (κ1) is 13.9. The van der Waals surface area contributed by atoms with E-state index in [-0.39, 0.29) is 18.2 Å². The molecule has 0 spiro atoms. The van der Waals surface area contributed by atoms with E-state index in [0.29, 0.717) is 17.3 Å². The maximum atomic E-state index is 11.3. The van der Waals surface area contributed by atoms with Crippen LogP contribution < -0.4 is 16.2 Å². The molecule has 0 fully saturated rings. The molecule has 1 amide bonds. The van der Waals surface area contributed by atoms with E-state index < -0.39 is 5.91 Å². The highest BCUT2D eigenvalue weighted by Crippen LogP contribution is 2.22. The summed E-state index contributed by atoms with van der Waals surface area (Å²) in [5.74, 6) is 0.443. The van der Waals surface area contributed by atoms with Crippen LogP contribution in [0.2, 0.25) is 0 Å². The Kier molecular flexibility index (Phi) is 3.88. The number of rotatable bonds is 5. The lowest BCUT2D eigenvalue weighted by Crippen LogP contribution is -2.15. The molecular weight excluding hydrogens is 258 g/mol. The Bertz CT molecular complexity index is 621. The van der Waals surface area contributed by atoms with E-state index in [9.17, 15) is 4.79 Å². The fourth-order valence-corrected chi connectivity index (χ4v) is 1.81. The van der Waals surface area contributed by atoms with Gasteiger partial charge in [-0.2, -0.15) is 5.10 Å². The number of nitrogen functional groups attached to an aromatic ring is 1. The van der Waals surface area contributed by atoms with Gasteiger partial charge in [0.1, 0.15) is 18.7 Å². The van der Waals surface area contributed by atoms with Crippen LogP contribution in [0.1, 0.15) is 36.1 Å². The van der Waals surface area contributed by atoms with Crippen LogP contribution in [0.15, 0.2) is 24.5 Å². The van der Waals surface area contributed by atoms with Crippen LogP contribution in [0, 0.1) is 0 Å². The minimum atomic E-state index is -0.565. The van der Waals surface area contributed by atoms with Gasteiger partial charge in [0, 0.05) is 17.8 Å². The van der Waals surface area contributed by atoms with Gasteiger partial charge in [0.15, 0.2) is 5.82 Å². The predicted octanol–water partition coefficient (Wildman–Crippen LogP) is 1.12. The number of anilines is 1. The summed E-state index contributed by atoms with van der Waals surface area (Å²) in [6, 6.07) is 4.88. The molecule has 0 aliphatic heterocycles. The lowest BCUT2D eigenvalue weighted by atomic mass is 10.1. The maximum Gasteiger partial charge on any atom is 0.252 e. The Morgan fingerprint density at radius 1 is 1.45 bits per heavy atom. The van der Waals surface area contributed by atoms with Crippen LogP contribution in [0.5, 0.6) is 5.75 Å². The van der Waals surface area contributed by atoms with Gasteiger partial charge < -0.3 is 16.2 Å². The Labute approximate surface area is 116 Å². The van der Waals surface area contributed by atoms with Crippen molar-refractivity contribution in [3.05, 3.63) is 35.9 Å². The number of carbonyl (C=O) groups excluding carboxylic acids is 1. The van der Waals surface area contributed by atoms with Gasteiger partial charge in [-0.25, -0.2) is 9.67 Å². The summed E-state index contributed by atoms with van der Waals surface area (Å²) in [5.41, 5.74) is 11.8. The minimum Gasteiger partial charge on any atom is -0.485 e. The highest BCUT2D eigenvalue weighted by molar-refractivity contribution is 5.96. The molecule has 0 saturated carbocycles. The summed E-state index contributed by atoms with van der Waals surface area (Å²) in [5, 5.41) is 4.11. The summed E-state index contributed by atoms with van der Waals surface area (Å²) in [6.07, 6.45) is 1.47. The fraction of sp³-hybridized carbons (Fsp3) is 0.308. The Morgan fingerprint density at radius 3 is 2.85 bits per heavy atom. The molecule has 7 heteroatoms. The first-order chi connectivity index (χ1) is 9.49. The number of nitrogens with zero attached hydrogens (tertiary/aromatic N) is 3. The number of hydrogen-bond acceptors (Lipinski definition) is 5. The monoisotopic (exact) mass is 275 g/mol. The molecule has 4 N–H and O–H groups in total. The molecule has 20 heavy (non-hydrogen) atoms. The van der Waals surface area contributed by atoms with Crippen molar-refractivity contribution in [1.29, 1.82) is 0 Å². The van der Waals surface area contributed by atoms with E-state index in [1.165, 1.54) is 6.33 Å². The van der Waals surface area contributed by atoms with Crippen LogP contribution in [0.25, 0.3) is 0 Å². The molecule has 7 nitrogen and oxygen atoms in total. The van der Waals surface area contributed by atoms with Crippen molar-refractivity contribution >= 4 is 11.6 Å². The zero-order valence-electron chi connectivity index (χ0n) is 11.4. The number of carbonyl (C=O) groups is 1. The van der Waals surface area contributed by atoms with Crippen LogP contribution in [-0.4, -0.2) is 20.7 Å². The van der Waals surface area contributed by atoms with E-state index in [1.54, 1.807) is 22.9 Å². The number of primary amides is 1. The van der Waals surface area contributed by atoms with Crippen molar-refractivity contribution in [3.63, 3.8) is 0 Å². The van der Waals surface area contributed by atoms with Gasteiger partial charge in [-0.05, 0) is 26.0 Å². The molecule has 106 valence electrons. The summed E-state index contributed by atoms with van der Waals surface area (Å²) in [4.78, 5) is 15.5. The topological polar surface area (TPSA) is 109 Å². The maximum absolute atomic E-state index is 11.3. The van der Waals surface area contributed by atoms with E-state index >= 15 is 0 Å². The quantitative estimate of drug-likeness (QED) is 0.795. The zero-order chi connectivity index (χ0) is 14.7. The van der Waals surface area contributed by atoms with Gasteiger partial charge in [-0.1, -0.05) is 0 Å². The summed E-state index contributed by atoms with van der Waals surface area (Å²) >= 11 is 0. The molecule has 2 aromatic rings. The van der Waals surface area contributed by atoms with Crippen molar-refractivity contribution < 1.29 is 9.53 Å². The van der Waals surface area contributed by atoms with Crippen molar-refractivity contribution in [3.8, 4) is 5.75 Å². The smallest absolute Gasteiger partial charge is 0.252 e. The van der Waals surface area contributed by atoms with Gasteiger partial charge in [0.2, 0.25) is 0 Å². The highest BCUT2D eigenvalue weighted by atomic mass is 16.5. The number of benzene rings is 1. The molecule has 1 aromatic carbocycles. The van der Waals surface area contributed by atoms with Gasteiger partial charge >= 0.3 is 0 Å². The zero-order valence-corrected chi connectivity index (χ0v) is 11.4. The Hall–Kier alpha value is -2.57. The molecule has 0 unspecified atom stereocenters. The van der Waals surface area contributed by atoms with E-state index in [0.717, 1.165) is 0 Å². The average molecular weight is 275 g/mol. The van der Waals surface area contributed by atoms with Gasteiger partial charge in [0.25, 0.3) is 5.91 Å². The third kappa shape index (κ3) is 2.87. The minimum absolute atomic E-state index is 0.174. The SMILES string of the molecule is CC(C)n1ncnc1COc1cc(N)ccc1C(N)=O. The normalized spacial score (nSPS) is 10.8. The van der Waals surface area contributed by atoms with E-state index in [2.05, 4.69) is 10.1 Å². The van der Waals surface area contributed by atoms with Crippen molar-refractivity contribution in [2.24, 2.45) is 5.73 Å². The van der Waals surface area contributed by atoms with Gasteiger partial charge in [0.05, 0.1) is 5.56 Å². The number of ether oxygens (including phenoxy) is 1. The molecule has 0 atom stereocenters. The molecule has 2 rings (SSSR count). The van der Waals surface area contributed by atoms with Gasteiger partial charge in [-0.3, -0.25) is 4.79 Å². The van der Waals surface area contributed by atoms with E-state index in [1.807, 2.05) is 13.8 Å². The average Bonchev–Trinajstić information content (AvgIpc) is 2.84. The van der Waals surface area contributed by atoms with E-state index in [4.69, 9.17) is 16.2 Å². The highest BCUT2D eigenvalue weighted by Gasteiger charge is 2.13. The molecule has 0 aliphatic rings. The molecule has 0 saturated heterocycles. The Balaban J connectivity index is 2.20. The molecule has 0 aliphatic carbocycles. The second-order valence-corrected chi connectivity index (χ2v) is 4.62. The summed E-state index contributed by atoms with van der Waals surface area (Å²) in [7, 11) is 0. The molecule has 0 radical (unpaired) electrons. The lowest BCUT2D eigenvalue weighted by Gasteiger charge is -2.12. The van der Waals surface area contributed by atoms with Gasteiger partial charge in [-0.15, -0.1) is 0 Å². The third-order valence-electron chi connectivity index (χ3n) is 2.76. The second kappa shape index (κ2) is 5.60. The largest absolute Gasteiger partial charge is 0.485 e. The Morgan fingerprint density at radius 2 is 2.20 bits per heavy atom. The van der Waals surface area contributed by atoms with Crippen molar-refractivity contribution in [2.75, 3.05) is 5.73 Å². The van der Waals surface area contributed by atoms with Crippen LogP contribution in [0.4, 0.5) is 5.69 Å². The number of amides is 1. The standard InChI is InChI=1S/C13H17N5O2/c1-8(2)18-12(16-7-17-18)6-20-11-5-9(14)3-4-10(11)13(15)19/h3-5,7-8H,6,14H2,1-2H3,(H2,15,19). The first-order valence-corrected chi connectivity index (χ1v) is 6.19. The predicted molar refractivity (Wildman–Crippen MR) is 74.1 cm³/mol. The van der Waals surface area contributed by atoms with Crippen LogP contribution >= 0.6 is 0 Å². The molecular formula is C13H17N5O2. The molecule has 0 bridgehead atoms. The lowest BCUT2D eigenvalue weighted by molar-refractivity contribution is 0.0995. The fourth-order valence-electron chi connectivity index (χ4n) is 1.81.